The molecular formula is C20H15BrN2O3S. The Morgan fingerprint density at radius 3 is 2.70 bits per heavy atom. The molecule has 136 valence electrons. The summed E-state index contributed by atoms with van der Waals surface area (Å²) in [5.74, 6) is -0.370. The Hall–Kier alpha value is -2.43. The molecule has 0 aliphatic carbocycles. The number of nitrogens with zero attached hydrogens (tertiary/aromatic N) is 2. The normalized spacial score (nSPS) is 10.8. The minimum Gasteiger partial charge on any atom is -0.422 e. The van der Waals surface area contributed by atoms with Crippen LogP contribution in [0.4, 0.5) is 0 Å². The van der Waals surface area contributed by atoms with Crippen LogP contribution in [0.1, 0.15) is 32.7 Å². The molecule has 5 nitrogen and oxygen atoms in total. The lowest BCUT2D eigenvalue weighted by Crippen LogP contribution is -2.15. The highest BCUT2D eigenvalue weighted by atomic mass is 79.9. The molecule has 0 aliphatic heterocycles. The maximum atomic E-state index is 12.6. The molecular weight excluding hydrogens is 428 g/mol. The number of ketones is 1. The van der Waals surface area contributed by atoms with Crippen molar-refractivity contribution in [3.8, 4) is 6.07 Å². The summed E-state index contributed by atoms with van der Waals surface area (Å²) in [5.41, 5.74) is 2.85. The first kappa shape index (κ1) is 19.3. The minimum absolute atomic E-state index is 0.00606. The Morgan fingerprint density at radius 2 is 2.00 bits per heavy atom. The fourth-order valence-corrected chi connectivity index (χ4v) is 3.99. The van der Waals surface area contributed by atoms with E-state index < -0.39 is 5.63 Å². The van der Waals surface area contributed by atoms with E-state index in [-0.39, 0.29) is 17.1 Å². The third-order valence-electron chi connectivity index (χ3n) is 4.41. The van der Waals surface area contributed by atoms with Gasteiger partial charge in [0.15, 0.2) is 5.78 Å². The van der Waals surface area contributed by atoms with Crippen molar-refractivity contribution in [2.24, 2.45) is 0 Å². The Balaban J connectivity index is 1.91. The smallest absolute Gasteiger partial charge is 0.347 e. The molecule has 3 rings (SSSR count). The van der Waals surface area contributed by atoms with Crippen LogP contribution in [0.2, 0.25) is 0 Å². The summed E-state index contributed by atoms with van der Waals surface area (Å²) in [6.07, 6.45) is 0. The largest absolute Gasteiger partial charge is 0.422 e. The maximum Gasteiger partial charge on any atom is 0.347 e. The first-order valence-electron chi connectivity index (χ1n) is 8.09. The van der Waals surface area contributed by atoms with E-state index in [0.29, 0.717) is 21.6 Å². The van der Waals surface area contributed by atoms with Gasteiger partial charge in [-0.15, -0.1) is 0 Å². The molecule has 0 N–H and O–H groups in total. The zero-order chi connectivity index (χ0) is 19.7. The number of aryl methyl sites for hydroxylation is 1. The van der Waals surface area contributed by atoms with Crippen molar-refractivity contribution in [1.82, 2.24) is 4.98 Å². The predicted octanol–water partition coefficient (Wildman–Crippen LogP) is 4.72. The van der Waals surface area contributed by atoms with Crippen LogP contribution >= 0.6 is 27.7 Å². The monoisotopic (exact) mass is 442 g/mol. The molecule has 0 saturated heterocycles. The number of carbonyl (C=O) groups is 1. The molecule has 1 aromatic carbocycles. The molecule has 2 heterocycles. The molecule has 0 amide bonds. The zero-order valence-corrected chi connectivity index (χ0v) is 17.3. The van der Waals surface area contributed by atoms with Gasteiger partial charge in [0.05, 0.1) is 11.3 Å². The molecule has 0 fully saturated rings. The summed E-state index contributed by atoms with van der Waals surface area (Å²) >= 11 is 4.52. The van der Waals surface area contributed by atoms with Crippen LogP contribution in [0, 0.1) is 32.1 Å². The van der Waals surface area contributed by atoms with Gasteiger partial charge in [-0.05, 0) is 56.2 Å². The number of hydrogen-bond donors (Lipinski definition) is 0. The molecule has 0 atom stereocenters. The molecule has 2 aromatic heterocycles. The SMILES string of the molecule is Cc1nc(SCC(=O)c2cc3cc(Br)ccc3oc2=O)c(C#N)c(C)c1C. The van der Waals surface area contributed by atoms with Crippen molar-refractivity contribution < 1.29 is 9.21 Å². The van der Waals surface area contributed by atoms with E-state index in [2.05, 4.69) is 27.0 Å². The summed E-state index contributed by atoms with van der Waals surface area (Å²) in [4.78, 5) is 29.2. The second-order valence-electron chi connectivity index (χ2n) is 6.08. The number of aromatic nitrogens is 1. The Morgan fingerprint density at radius 1 is 1.26 bits per heavy atom. The number of halogens is 1. The Kier molecular flexibility index (Phi) is 5.49. The highest BCUT2D eigenvalue weighted by Gasteiger charge is 2.18. The standard InChI is InChI=1S/C20H15BrN2O3S/c1-10-11(2)16(8-22)19(23-12(10)3)27-9-17(24)15-7-13-6-14(21)4-5-18(13)26-20(15)25/h4-7H,9H2,1-3H3. The predicted molar refractivity (Wildman–Crippen MR) is 108 cm³/mol. The maximum absolute atomic E-state index is 12.6. The van der Waals surface area contributed by atoms with E-state index in [9.17, 15) is 14.9 Å². The average Bonchev–Trinajstić information content (AvgIpc) is 2.64. The van der Waals surface area contributed by atoms with Crippen molar-refractivity contribution in [2.45, 2.75) is 25.8 Å². The third kappa shape index (κ3) is 3.82. The summed E-state index contributed by atoms with van der Waals surface area (Å²) in [5, 5.41) is 10.6. The quantitative estimate of drug-likeness (QED) is 0.330. The molecule has 0 saturated carbocycles. The molecule has 0 aliphatic rings. The number of rotatable bonds is 4. The number of hydrogen-bond acceptors (Lipinski definition) is 6. The van der Waals surface area contributed by atoms with Crippen LogP contribution < -0.4 is 5.63 Å². The van der Waals surface area contributed by atoms with Crippen LogP contribution in [-0.2, 0) is 0 Å². The number of fused-ring (bicyclic) bond motifs is 1. The van der Waals surface area contributed by atoms with Crippen LogP contribution in [0.15, 0.2) is 43.0 Å². The highest BCUT2D eigenvalue weighted by Crippen LogP contribution is 2.27. The highest BCUT2D eigenvalue weighted by molar-refractivity contribution is 9.10. The van der Waals surface area contributed by atoms with Crippen LogP contribution in [0.5, 0.6) is 0 Å². The lowest BCUT2D eigenvalue weighted by molar-refractivity contribution is 0.101. The van der Waals surface area contributed by atoms with Crippen LogP contribution in [-0.4, -0.2) is 16.5 Å². The molecule has 0 spiro atoms. The lowest BCUT2D eigenvalue weighted by atomic mass is 10.1. The van der Waals surface area contributed by atoms with Crippen molar-refractivity contribution >= 4 is 44.4 Å². The molecule has 27 heavy (non-hydrogen) atoms. The summed E-state index contributed by atoms with van der Waals surface area (Å²) in [7, 11) is 0. The van der Waals surface area contributed by atoms with E-state index in [1.165, 1.54) is 0 Å². The number of Topliss-reactive ketones (excluding diaryl/α,β-unsaturated/α-hetero) is 1. The van der Waals surface area contributed by atoms with Gasteiger partial charge < -0.3 is 4.42 Å². The van der Waals surface area contributed by atoms with E-state index in [4.69, 9.17) is 4.42 Å². The van der Waals surface area contributed by atoms with Gasteiger partial charge in [-0.1, -0.05) is 27.7 Å². The van der Waals surface area contributed by atoms with E-state index in [0.717, 1.165) is 33.1 Å². The first-order chi connectivity index (χ1) is 12.8. The minimum atomic E-state index is -0.667. The summed E-state index contributed by atoms with van der Waals surface area (Å²) in [6.45, 7) is 5.64. The number of pyridine rings is 1. The van der Waals surface area contributed by atoms with Gasteiger partial charge in [-0.3, -0.25) is 4.79 Å². The van der Waals surface area contributed by atoms with E-state index in [1.807, 2.05) is 20.8 Å². The number of benzene rings is 1. The lowest BCUT2D eigenvalue weighted by Gasteiger charge is -2.10. The van der Waals surface area contributed by atoms with E-state index >= 15 is 0 Å². The number of thioether (sulfide) groups is 1. The summed E-state index contributed by atoms with van der Waals surface area (Å²) in [6, 6.07) is 8.91. The topological polar surface area (TPSA) is 84.0 Å². The first-order valence-corrected chi connectivity index (χ1v) is 9.87. The third-order valence-corrected chi connectivity index (χ3v) is 5.88. The van der Waals surface area contributed by atoms with Crippen molar-refractivity contribution in [1.29, 1.82) is 5.26 Å². The van der Waals surface area contributed by atoms with Crippen molar-refractivity contribution in [3.63, 3.8) is 0 Å². The van der Waals surface area contributed by atoms with Gasteiger partial charge in [-0.2, -0.15) is 5.26 Å². The number of nitriles is 1. The van der Waals surface area contributed by atoms with Gasteiger partial charge in [0.2, 0.25) is 0 Å². The molecule has 0 bridgehead atoms. The fourth-order valence-electron chi connectivity index (χ4n) is 2.65. The van der Waals surface area contributed by atoms with Gasteiger partial charge in [-0.25, -0.2) is 9.78 Å². The van der Waals surface area contributed by atoms with Gasteiger partial charge in [0.25, 0.3) is 0 Å². The summed E-state index contributed by atoms with van der Waals surface area (Å²) < 4.78 is 6.07. The Bertz CT molecular complexity index is 1180. The Labute approximate surface area is 168 Å². The fraction of sp³-hybridized carbons (Fsp3) is 0.200. The van der Waals surface area contributed by atoms with Crippen LogP contribution in [0.3, 0.4) is 0 Å². The van der Waals surface area contributed by atoms with Crippen molar-refractivity contribution in [2.75, 3.05) is 5.75 Å². The van der Waals surface area contributed by atoms with Gasteiger partial charge >= 0.3 is 5.63 Å². The van der Waals surface area contributed by atoms with Gasteiger partial charge in [0, 0.05) is 15.6 Å². The van der Waals surface area contributed by atoms with Crippen molar-refractivity contribution in [3.05, 3.63) is 67.1 Å². The average molecular weight is 443 g/mol. The molecule has 0 unspecified atom stereocenters. The molecule has 3 aromatic rings. The van der Waals surface area contributed by atoms with E-state index in [1.54, 1.807) is 24.3 Å². The second-order valence-corrected chi connectivity index (χ2v) is 7.96. The van der Waals surface area contributed by atoms with Gasteiger partial charge in [0.1, 0.15) is 22.2 Å². The molecule has 7 heteroatoms. The molecule has 0 radical (unpaired) electrons. The second kappa shape index (κ2) is 7.67. The number of carbonyl (C=O) groups excluding carboxylic acids is 1. The van der Waals surface area contributed by atoms with Crippen LogP contribution in [0.25, 0.3) is 11.0 Å². The zero-order valence-electron chi connectivity index (χ0n) is 14.9.